The summed E-state index contributed by atoms with van der Waals surface area (Å²) in [6.07, 6.45) is 6.25. The van der Waals surface area contributed by atoms with Crippen molar-refractivity contribution in [1.82, 2.24) is 4.98 Å². The van der Waals surface area contributed by atoms with Gasteiger partial charge in [-0.2, -0.15) is 0 Å². The molecule has 104 valence electrons. The summed E-state index contributed by atoms with van der Waals surface area (Å²) in [7, 11) is 0. The quantitative estimate of drug-likeness (QED) is 0.667. The van der Waals surface area contributed by atoms with Crippen molar-refractivity contribution in [2.75, 3.05) is 5.32 Å². The number of nitro groups is 1. The summed E-state index contributed by atoms with van der Waals surface area (Å²) in [5.74, 6) is 0.399. The molecule has 1 aromatic rings. The Bertz CT molecular complexity index is 486. The first-order chi connectivity index (χ1) is 8.90. The Morgan fingerprint density at radius 1 is 1.47 bits per heavy atom. The van der Waals surface area contributed by atoms with E-state index < -0.39 is 0 Å². The maximum Gasteiger partial charge on any atom is 0.311 e. The maximum absolute atomic E-state index is 11.1. The van der Waals surface area contributed by atoms with Crippen LogP contribution in [0.2, 0.25) is 0 Å². The molecule has 0 amide bonds. The van der Waals surface area contributed by atoms with E-state index in [-0.39, 0.29) is 22.1 Å². The topological polar surface area (TPSA) is 68.1 Å². The fourth-order valence-corrected chi connectivity index (χ4v) is 2.73. The maximum atomic E-state index is 11.1. The summed E-state index contributed by atoms with van der Waals surface area (Å²) in [6.45, 7) is 6.24. The van der Waals surface area contributed by atoms with Gasteiger partial charge in [-0.1, -0.05) is 26.7 Å². The second-order valence-electron chi connectivity index (χ2n) is 6.07. The predicted molar refractivity (Wildman–Crippen MR) is 75.3 cm³/mol. The Morgan fingerprint density at radius 3 is 2.84 bits per heavy atom. The first-order valence-corrected chi connectivity index (χ1v) is 6.78. The Balaban J connectivity index is 2.25. The molecular formula is C14H21N3O2. The molecule has 1 saturated carbocycles. The average Bonchev–Trinajstić information content (AvgIpc) is 2.33. The monoisotopic (exact) mass is 263 g/mol. The van der Waals surface area contributed by atoms with Crippen LogP contribution in [0.1, 0.15) is 45.1 Å². The molecule has 1 fully saturated rings. The van der Waals surface area contributed by atoms with E-state index in [4.69, 9.17) is 0 Å². The van der Waals surface area contributed by atoms with E-state index >= 15 is 0 Å². The van der Waals surface area contributed by atoms with Crippen LogP contribution in [0.5, 0.6) is 0 Å². The molecule has 5 nitrogen and oxygen atoms in total. The molecule has 1 atom stereocenters. The predicted octanol–water partition coefficient (Wildman–Crippen LogP) is 3.68. The number of hydrogen-bond acceptors (Lipinski definition) is 4. The molecule has 0 bridgehead atoms. The van der Waals surface area contributed by atoms with Gasteiger partial charge in [0.15, 0.2) is 0 Å². The molecule has 5 heteroatoms. The zero-order valence-corrected chi connectivity index (χ0v) is 11.8. The van der Waals surface area contributed by atoms with Gasteiger partial charge >= 0.3 is 5.69 Å². The number of aromatic nitrogens is 1. The number of anilines is 1. The Morgan fingerprint density at radius 2 is 2.21 bits per heavy atom. The van der Waals surface area contributed by atoms with Crippen molar-refractivity contribution in [2.45, 2.75) is 52.5 Å². The number of aryl methyl sites for hydroxylation is 1. The van der Waals surface area contributed by atoms with Gasteiger partial charge in [0.1, 0.15) is 0 Å². The molecule has 1 aliphatic rings. The summed E-state index contributed by atoms with van der Waals surface area (Å²) in [5.41, 5.74) is 1.03. The molecule has 0 aliphatic heterocycles. The van der Waals surface area contributed by atoms with Crippen LogP contribution in [0.4, 0.5) is 11.5 Å². The number of pyridine rings is 1. The van der Waals surface area contributed by atoms with Crippen molar-refractivity contribution < 1.29 is 4.92 Å². The van der Waals surface area contributed by atoms with Gasteiger partial charge in [0.05, 0.1) is 4.92 Å². The minimum absolute atomic E-state index is 0.0707. The summed E-state index contributed by atoms with van der Waals surface area (Å²) >= 11 is 0. The molecule has 1 N–H and O–H groups in total. The first-order valence-electron chi connectivity index (χ1n) is 6.78. The normalized spacial score (nSPS) is 21.9. The summed E-state index contributed by atoms with van der Waals surface area (Å²) in [6, 6.07) is 1.82. The third kappa shape index (κ3) is 3.03. The Hall–Kier alpha value is -1.65. The third-order valence-electron chi connectivity index (χ3n) is 4.02. The van der Waals surface area contributed by atoms with Gasteiger partial charge in [-0.3, -0.25) is 10.1 Å². The third-order valence-corrected chi connectivity index (χ3v) is 4.02. The highest BCUT2D eigenvalue weighted by molar-refractivity contribution is 5.57. The van der Waals surface area contributed by atoms with E-state index in [1.165, 1.54) is 12.8 Å². The van der Waals surface area contributed by atoms with Gasteiger partial charge in [-0.25, -0.2) is 4.98 Å². The second-order valence-corrected chi connectivity index (χ2v) is 6.07. The lowest BCUT2D eigenvalue weighted by molar-refractivity contribution is -0.384. The minimum Gasteiger partial charge on any atom is -0.361 e. The lowest BCUT2D eigenvalue weighted by Crippen LogP contribution is -2.39. The van der Waals surface area contributed by atoms with Crippen molar-refractivity contribution in [3.8, 4) is 0 Å². The molecule has 1 aliphatic carbocycles. The molecule has 1 heterocycles. The van der Waals surface area contributed by atoms with Gasteiger partial charge in [0, 0.05) is 18.3 Å². The van der Waals surface area contributed by atoms with Gasteiger partial charge < -0.3 is 5.32 Å². The Labute approximate surface area is 113 Å². The highest BCUT2D eigenvalue weighted by Crippen LogP contribution is 2.38. The van der Waals surface area contributed by atoms with Gasteiger partial charge in [0.25, 0.3) is 0 Å². The van der Waals surface area contributed by atoms with Crippen molar-refractivity contribution in [1.29, 1.82) is 0 Å². The zero-order valence-electron chi connectivity index (χ0n) is 11.8. The van der Waals surface area contributed by atoms with E-state index in [1.54, 1.807) is 12.3 Å². The highest BCUT2D eigenvalue weighted by Gasteiger charge is 2.33. The van der Waals surface area contributed by atoms with E-state index in [1.807, 2.05) is 6.92 Å². The van der Waals surface area contributed by atoms with Crippen LogP contribution in [-0.4, -0.2) is 15.9 Å². The van der Waals surface area contributed by atoms with Gasteiger partial charge in [0.2, 0.25) is 5.82 Å². The van der Waals surface area contributed by atoms with Crippen molar-refractivity contribution in [3.63, 3.8) is 0 Å². The lowest BCUT2D eigenvalue weighted by atomic mass is 9.73. The number of nitrogens with one attached hydrogen (secondary N) is 1. The molecule has 19 heavy (non-hydrogen) atoms. The van der Waals surface area contributed by atoms with E-state index in [0.717, 1.165) is 18.4 Å². The van der Waals surface area contributed by atoms with Crippen LogP contribution in [-0.2, 0) is 0 Å². The van der Waals surface area contributed by atoms with Gasteiger partial charge in [-0.15, -0.1) is 0 Å². The van der Waals surface area contributed by atoms with Crippen LogP contribution in [0.3, 0.4) is 0 Å². The molecule has 2 rings (SSSR count). The minimum atomic E-state index is -0.363. The van der Waals surface area contributed by atoms with Crippen LogP contribution < -0.4 is 5.32 Å². The summed E-state index contributed by atoms with van der Waals surface area (Å²) in [4.78, 5) is 14.9. The molecule has 0 aromatic carbocycles. The molecule has 1 aromatic heterocycles. The highest BCUT2D eigenvalue weighted by atomic mass is 16.6. The fraction of sp³-hybridized carbons (Fsp3) is 0.643. The van der Waals surface area contributed by atoms with Crippen LogP contribution >= 0.6 is 0 Å². The van der Waals surface area contributed by atoms with E-state index in [2.05, 4.69) is 24.1 Å². The van der Waals surface area contributed by atoms with Gasteiger partial charge in [-0.05, 0) is 30.7 Å². The van der Waals surface area contributed by atoms with Crippen LogP contribution in [0.15, 0.2) is 12.3 Å². The number of nitrogens with zero attached hydrogens (tertiary/aromatic N) is 2. The van der Waals surface area contributed by atoms with E-state index in [9.17, 15) is 10.1 Å². The first kappa shape index (κ1) is 13.8. The van der Waals surface area contributed by atoms with Crippen molar-refractivity contribution >= 4 is 11.5 Å². The molecule has 1 unspecified atom stereocenters. The zero-order chi connectivity index (χ0) is 14.0. The lowest BCUT2D eigenvalue weighted by Gasteiger charge is -2.39. The second kappa shape index (κ2) is 5.15. The standard InChI is InChI=1S/C14H21N3O2/c1-10-8-11(17(18)19)13(15-9-10)16-12-6-4-5-7-14(12,2)3/h8-9,12H,4-7H2,1-3H3,(H,15,16). The Kier molecular flexibility index (Phi) is 3.73. The number of hydrogen-bond donors (Lipinski definition) is 1. The number of rotatable bonds is 3. The summed E-state index contributed by atoms with van der Waals surface area (Å²) < 4.78 is 0. The molecule has 0 saturated heterocycles. The van der Waals surface area contributed by atoms with Crippen LogP contribution in [0, 0.1) is 22.5 Å². The summed E-state index contributed by atoms with van der Waals surface area (Å²) in [5, 5.41) is 14.4. The molecule has 0 spiro atoms. The largest absolute Gasteiger partial charge is 0.361 e. The molecular weight excluding hydrogens is 242 g/mol. The SMILES string of the molecule is Cc1cnc(NC2CCCCC2(C)C)c([N+](=O)[O-])c1. The molecule has 0 radical (unpaired) electrons. The smallest absolute Gasteiger partial charge is 0.311 e. The average molecular weight is 263 g/mol. The van der Waals surface area contributed by atoms with Crippen molar-refractivity contribution in [3.05, 3.63) is 27.9 Å². The van der Waals surface area contributed by atoms with Crippen LogP contribution in [0.25, 0.3) is 0 Å². The van der Waals surface area contributed by atoms with E-state index in [0.29, 0.717) is 5.82 Å². The fourth-order valence-electron chi connectivity index (χ4n) is 2.73. The van der Waals surface area contributed by atoms with Crippen molar-refractivity contribution in [2.24, 2.45) is 5.41 Å².